The lowest BCUT2D eigenvalue weighted by atomic mass is 9.92. The molecule has 1 N–H and O–H groups in total. The van der Waals surface area contributed by atoms with Gasteiger partial charge in [0.2, 0.25) is 0 Å². The lowest BCUT2D eigenvalue weighted by molar-refractivity contribution is -0.153. The maximum atomic E-state index is 11.5. The Morgan fingerprint density at radius 1 is 1.36 bits per heavy atom. The Bertz CT molecular complexity index is 201. The molecule has 82 valence electrons. The van der Waals surface area contributed by atoms with Crippen molar-refractivity contribution in [3.8, 4) is 0 Å². The van der Waals surface area contributed by atoms with Gasteiger partial charge in [-0.1, -0.05) is 6.92 Å². The number of esters is 1. The van der Waals surface area contributed by atoms with Crippen LogP contribution in [0.15, 0.2) is 0 Å². The molecule has 1 unspecified atom stereocenters. The van der Waals surface area contributed by atoms with E-state index in [1.54, 1.807) is 0 Å². The average molecular weight is 200 g/mol. The van der Waals surface area contributed by atoms with Crippen LogP contribution >= 0.6 is 0 Å². The van der Waals surface area contributed by atoms with Crippen molar-refractivity contribution in [2.75, 3.05) is 0 Å². The number of carbonyl (C=O) groups is 1. The van der Waals surface area contributed by atoms with Crippen molar-refractivity contribution in [2.24, 2.45) is 11.8 Å². The molecule has 3 atom stereocenters. The summed E-state index contributed by atoms with van der Waals surface area (Å²) in [6, 6.07) is 0. The summed E-state index contributed by atoms with van der Waals surface area (Å²) >= 11 is 0. The Balaban J connectivity index is 2.40. The van der Waals surface area contributed by atoms with E-state index in [1.807, 2.05) is 20.8 Å². The van der Waals surface area contributed by atoms with E-state index in [1.165, 1.54) is 0 Å². The van der Waals surface area contributed by atoms with Crippen LogP contribution in [-0.4, -0.2) is 23.3 Å². The number of aliphatic hydroxyl groups excluding tert-OH is 1. The lowest BCUT2D eigenvalue weighted by Gasteiger charge is -2.18. The van der Waals surface area contributed by atoms with E-state index in [0.717, 1.165) is 19.3 Å². The van der Waals surface area contributed by atoms with Gasteiger partial charge in [-0.3, -0.25) is 4.79 Å². The minimum absolute atomic E-state index is 0.0451. The Morgan fingerprint density at radius 2 is 2.00 bits per heavy atom. The molecule has 1 saturated carbocycles. The Hall–Kier alpha value is -0.570. The molecule has 0 amide bonds. The highest BCUT2D eigenvalue weighted by Crippen LogP contribution is 2.32. The van der Waals surface area contributed by atoms with Crippen LogP contribution in [0.2, 0.25) is 0 Å². The number of rotatable bonds is 3. The van der Waals surface area contributed by atoms with Crippen molar-refractivity contribution in [3.63, 3.8) is 0 Å². The number of aliphatic hydroxyl groups is 1. The van der Waals surface area contributed by atoms with Crippen molar-refractivity contribution in [1.29, 1.82) is 0 Å². The van der Waals surface area contributed by atoms with Crippen molar-refractivity contribution < 1.29 is 14.6 Å². The largest absolute Gasteiger partial charge is 0.463 e. The highest BCUT2D eigenvalue weighted by atomic mass is 16.5. The SMILES string of the molecule is CC(C)OC(=O)C(C)[C@H]1CC[C@@H](O)C1. The third-order valence-corrected chi connectivity index (χ3v) is 2.88. The van der Waals surface area contributed by atoms with Gasteiger partial charge in [-0.15, -0.1) is 0 Å². The van der Waals surface area contributed by atoms with Gasteiger partial charge in [0.05, 0.1) is 18.1 Å². The van der Waals surface area contributed by atoms with Crippen LogP contribution in [0.3, 0.4) is 0 Å². The van der Waals surface area contributed by atoms with Crippen molar-refractivity contribution in [3.05, 3.63) is 0 Å². The van der Waals surface area contributed by atoms with Gasteiger partial charge in [-0.2, -0.15) is 0 Å². The fraction of sp³-hybridized carbons (Fsp3) is 0.909. The van der Waals surface area contributed by atoms with E-state index in [2.05, 4.69) is 0 Å². The van der Waals surface area contributed by atoms with Crippen LogP contribution in [0, 0.1) is 11.8 Å². The summed E-state index contributed by atoms with van der Waals surface area (Å²) in [6.45, 7) is 5.61. The Kier molecular flexibility index (Phi) is 3.93. The number of hydrogen-bond acceptors (Lipinski definition) is 3. The third-order valence-electron chi connectivity index (χ3n) is 2.88. The summed E-state index contributed by atoms with van der Waals surface area (Å²) in [7, 11) is 0. The summed E-state index contributed by atoms with van der Waals surface area (Å²) in [5.74, 6) is 0.102. The normalized spacial score (nSPS) is 29.2. The summed E-state index contributed by atoms with van der Waals surface area (Å²) in [5.41, 5.74) is 0. The molecule has 0 aromatic heterocycles. The van der Waals surface area contributed by atoms with Crippen LogP contribution in [0.25, 0.3) is 0 Å². The molecule has 0 aromatic carbocycles. The minimum atomic E-state index is -0.214. The van der Waals surface area contributed by atoms with Gasteiger partial charge >= 0.3 is 5.97 Å². The van der Waals surface area contributed by atoms with Crippen molar-refractivity contribution in [2.45, 2.75) is 52.2 Å². The number of hydrogen-bond donors (Lipinski definition) is 1. The van der Waals surface area contributed by atoms with Crippen LogP contribution in [0.5, 0.6) is 0 Å². The first-order chi connectivity index (χ1) is 6.50. The maximum absolute atomic E-state index is 11.5. The smallest absolute Gasteiger partial charge is 0.309 e. The van der Waals surface area contributed by atoms with Crippen LogP contribution in [0.4, 0.5) is 0 Å². The molecule has 3 heteroatoms. The summed E-state index contributed by atoms with van der Waals surface area (Å²) < 4.78 is 5.14. The molecule has 3 nitrogen and oxygen atoms in total. The zero-order valence-corrected chi connectivity index (χ0v) is 9.19. The van der Waals surface area contributed by atoms with Crippen LogP contribution in [-0.2, 0) is 9.53 Å². The molecule has 1 fully saturated rings. The molecule has 1 rings (SSSR count). The second kappa shape index (κ2) is 4.78. The van der Waals surface area contributed by atoms with E-state index in [9.17, 15) is 9.90 Å². The Labute approximate surface area is 85.5 Å². The second-order valence-corrected chi connectivity index (χ2v) is 4.50. The predicted octanol–water partition coefficient (Wildman–Crippen LogP) is 1.74. The molecule has 0 saturated heterocycles. The number of ether oxygens (including phenoxy) is 1. The van der Waals surface area contributed by atoms with Gasteiger partial charge in [-0.25, -0.2) is 0 Å². The van der Waals surface area contributed by atoms with Crippen LogP contribution in [0.1, 0.15) is 40.0 Å². The first-order valence-corrected chi connectivity index (χ1v) is 5.39. The lowest BCUT2D eigenvalue weighted by Crippen LogP contribution is -2.24. The van der Waals surface area contributed by atoms with E-state index in [4.69, 9.17) is 4.74 Å². The van der Waals surface area contributed by atoms with E-state index in [0.29, 0.717) is 5.92 Å². The quantitative estimate of drug-likeness (QED) is 0.706. The van der Waals surface area contributed by atoms with E-state index < -0.39 is 0 Å². The summed E-state index contributed by atoms with van der Waals surface area (Å²) in [4.78, 5) is 11.5. The van der Waals surface area contributed by atoms with Gasteiger partial charge in [0, 0.05) is 0 Å². The minimum Gasteiger partial charge on any atom is -0.463 e. The van der Waals surface area contributed by atoms with E-state index >= 15 is 0 Å². The molecular formula is C11H20O3. The van der Waals surface area contributed by atoms with Gasteiger partial charge < -0.3 is 9.84 Å². The molecule has 0 aliphatic heterocycles. The topological polar surface area (TPSA) is 46.5 Å². The van der Waals surface area contributed by atoms with E-state index in [-0.39, 0.29) is 24.1 Å². The zero-order valence-electron chi connectivity index (χ0n) is 9.19. The highest BCUT2D eigenvalue weighted by molar-refractivity contribution is 5.72. The van der Waals surface area contributed by atoms with Crippen molar-refractivity contribution >= 4 is 5.97 Å². The molecule has 0 radical (unpaired) electrons. The summed E-state index contributed by atoms with van der Waals surface area (Å²) in [6.07, 6.45) is 2.25. The molecule has 0 bridgehead atoms. The molecule has 1 aliphatic carbocycles. The monoisotopic (exact) mass is 200 g/mol. The number of carbonyl (C=O) groups excluding carboxylic acids is 1. The third kappa shape index (κ3) is 2.98. The Morgan fingerprint density at radius 3 is 2.43 bits per heavy atom. The standard InChI is InChI=1S/C11H20O3/c1-7(2)14-11(13)8(3)9-4-5-10(12)6-9/h7-10,12H,4-6H2,1-3H3/t8?,9-,10+/m0/s1. The van der Waals surface area contributed by atoms with Crippen molar-refractivity contribution in [1.82, 2.24) is 0 Å². The first-order valence-electron chi connectivity index (χ1n) is 5.39. The molecule has 0 aromatic rings. The maximum Gasteiger partial charge on any atom is 0.309 e. The molecule has 1 aliphatic rings. The summed E-state index contributed by atoms with van der Waals surface area (Å²) in [5, 5.41) is 9.36. The molecule has 14 heavy (non-hydrogen) atoms. The van der Waals surface area contributed by atoms with Crippen LogP contribution < -0.4 is 0 Å². The first kappa shape index (κ1) is 11.5. The predicted molar refractivity (Wildman–Crippen MR) is 53.7 cm³/mol. The fourth-order valence-corrected chi connectivity index (χ4v) is 1.98. The second-order valence-electron chi connectivity index (χ2n) is 4.50. The van der Waals surface area contributed by atoms with Gasteiger partial charge in [0.1, 0.15) is 0 Å². The van der Waals surface area contributed by atoms with Gasteiger partial charge in [0.25, 0.3) is 0 Å². The average Bonchev–Trinajstić information content (AvgIpc) is 2.49. The fourth-order valence-electron chi connectivity index (χ4n) is 1.98. The zero-order chi connectivity index (χ0) is 10.7. The van der Waals surface area contributed by atoms with Gasteiger partial charge in [0.15, 0.2) is 0 Å². The molecule has 0 spiro atoms. The molecule has 0 heterocycles. The van der Waals surface area contributed by atoms with Gasteiger partial charge in [-0.05, 0) is 39.0 Å². The highest BCUT2D eigenvalue weighted by Gasteiger charge is 2.32. The molecular weight excluding hydrogens is 180 g/mol.